The summed E-state index contributed by atoms with van der Waals surface area (Å²) in [7, 11) is 1.50. The van der Waals surface area contributed by atoms with Gasteiger partial charge in [-0.3, -0.25) is 9.59 Å². The molecular formula is C18H18BrClN2O3. The Kier molecular flexibility index (Phi) is 6.45. The lowest BCUT2D eigenvalue weighted by Crippen LogP contribution is -2.18. The number of methoxy groups -OCH3 is 1. The highest BCUT2D eigenvalue weighted by Gasteiger charge is 2.14. The monoisotopic (exact) mass is 424 g/mol. The van der Waals surface area contributed by atoms with Crippen LogP contribution < -0.4 is 15.4 Å². The molecule has 0 spiro atoms. The van der Waals surface area contributed by atoms with Crippen molar-refractivity contribution in [2.75, 3.05) is 17.7 Å². The largest absolute Gasteiger partial charge is 0.494 e. The second-order valence-corrected chi connectivity index (χ2v) is 6.96. The summed E-state index contributed by atoms with van der Waals surface area (Å²) in [5.74, 6) is -0.154. The number of carbonyl (C=O) groups excluding carboxylic acids is 2. The first kappa shape index (κ1) is 19.3. The Morgan fingerprint density at radius 3 is 2.48 bits per heavy atom. The highest BCUT2D eigenvalue weighted by atomic mass is 79.9. The van der Waals surface area contributed by atoms with Crippen LogP contribution in [0, 0.1) is 5.92 Å². The van der Waals surface area contributed by atoms with E-state index in [9.17, 15) is 9.59 Å². The predicted molar refractivity (Wildman–Crippen MR) is 104 cm³/mol. The summed E-state index contributed by atoms with van der Waals surface area (Å²) in [4.78, 5) is 24.3. The molecular weight excluding hydrogens is 408 g/mol. The first-order valence-corrected chi connectivity index (χ1v) is 8.74. The summed E-state index contributed by atoms with van der Waals surface area (Å²) in [5.41, 5.74) is 1.42. The second kappa shape index (κ2) is 8.36. The average Bonchev–Trinajstić information content (AvgIpc) is 2.58. The number of hydrogen-bond donors (Lipinski definition) is 2. The minimum Gasteiger partial charge on any atom is -0.494 e. The van der Waals surface area contributed by atoms with Gasteiger partial charge in [0.25, 0.3) is 5.91 Å². The van der Waals surface area contributed by atoms with Crippen molar-refractivity contribution in [3.63, 3.8) is 0 Å². The Morgan fingerprint density at radius 2 is 1.84 bits per heavy atom. The average molecular weight is 426 g/mol. The van der Waals surface area contributed by atoms with Crippen LogP contribution in [0.5, 0.6) is 5.75 Å². The zero-order valence-corrected chi connectivity index (χ0v) is 16.4. The number of hydrogen-bond acceptors (Lipinski definition) is 3. The SMILES string of the molecule is COc1cc(NC(=O)c2cc(Br)ccc2Cl)ccc1NC(=O)C(C)C. The minimum atomic E-state index is -0.340. The van der Waals surface area contributed by atoms with E-state index in [0.29, 0.717) is 27.7 Å². The van der Waals surface area contributed by atoms with Crippen LogP contribution in [0.25, 0.3) is 0 Å². The molecule has 2 amide bonds. The third-order valence-corrected chi connectivity index (χ3v) is 4.24. The van der Waals surface area contributed by atoms with Crippen LogP contribution in [0.2, 0.25) is 5.02 Å². The summed E-state index contributed by atoms with van der Waals surface area (Å²) in [5, 5.41) is 5.91. The second-order valence-electron chi connectivity index (χ2n) is 5.64. The van der Waals surface area contributed by atoms with Crippen LogP contribution in [0.4, 0.5) is 11.4 Å². The number of carbonyl (C=O) groups is 2. The van der Waals surface area contributed by atoms with Crippen molar-refractivity contribution in [2.24, 2.45) is 5.92 Å². The zero-order valence-electron chi connectivity index (χ0n) is 14.0. The van der Waals surface area contributed by atoms with Gasteiger partial charge in [0, 0.05) is 22.1 Å². The molecule has 0 aliphatic rings. The van der Waals surface area contributed by atoms with Crippen molar-refractivity contribution < 1.29 is 14.3 Å². The van der Waals surface area contributed by atoms with Crippen LogP contribution in [-0.4, -0.2) is 18.9 Å². The molecule has 2 rings (SSSR count). The van der Waals surface area contributed by atoms with Gasteiger partial charge in [0.1, 0.15) is 5.75 Å². The molecule has 0 saturated carbocycles. The van der Waals surface area contributed by atoms with E-state index >= 15 is 0 Å². The minimum absolute atomic E-state index is 0.115. The molecule has 0 unspecified atom stereocenters. The number of benzene rings is 2. The molecule has 0 radical (unpaired) electrons. The number of ether oxygens (including phenoxy) is 1. The van der Waals surface area contributed by atoms with Crippen molar-refractivity contribution in [2.45, 2.75) is 13.8 Å². The summed E-state index contributed by atoms with van der Waals surface area (Å²) in [6.45, 7) is 3.61. The van der Waals surface area contributed by atoms with E-state index in [0.717, 1.165) is 4.47 Å². The molecule has 2 aromatic rings. The lowest BCUT2D eigenvalue weighted by molar-refractivity contribution is -0.118. The van der Waals surface area contributed by atoms with Gasteiger partial charge in [-0.15, -0.1) is 0 Å². The topological polar surface area (TPSA) is 67.4 Å². The highest BCUT2D eigenvalue weighted by molar-refractivity contribution is 9.10. The Hall–Kier alpha value is -2.05. The first-order chi connectivity index (χ1) is 11.8. The van der Waals surface area contributed by atoms with E-state index in [-0.39, 0.29) is 17.7 Å². The van der Waals surface area contributed by atoms with E-state index in [1.54, 1.807) is 50.2 Å². The first-order valence-electron chi connectivity index (χ1n) is 7.57. The molecule has 5 nitrogen and oxygen atoms in total. The molecule has 0 aromatic heterocycles. The molecule has 0 heterocycles. The zero-order chi connectivity index (χ0) is 18.6. The fourth-order valence-electron chi connectivity index (χ4n) is 2.02. The summed E-state index contributed by atoms with van der Waals surface area (Å²) >= 11 is 9.39. The molecule has 7 heteroatoms. The van der Waals surface area contributed by atoms with Crippen LogP contribution >= 0.6 is 27.5 Å². The molecule has 2 N–H and O–H groups in total. The van der Waals surface area contributed by atoms with Gasteiger partial charge in [0.05, 0.1) is 23.4 Å². The smallest absolute Gasteiger partial charge is 0.257 e. The van der Waals surface area contributed by atoms with Crippen LogP contribution in [-0.2, 0) is 4.79 Å². The van der Waals surface area contributed by atoms with Gasteiger partial charge < -0.3 is 15.4 Å². The van der Waals surface area contributed by atoms with Gasteiger partial charge in [-0.2, -0.15) is 0 Å². The molecule has 132 valence electrons. The molecule has 0 saturated heterocycles. The van der Waals surface area contributed by atoms with Gasteiger partial charge in [-0.05, 0) is 30.3 Å². The number of anilines is 2. The number of nitrogens with one attached hydrogen (secondary N) is 2. The van der Waals surface area contributed by atoms with Gasteiger partial charge >= 0.3 is 0 Å². The fraction of sp³-hybridized carbons (Fsp3) is 0.222. The maximum atomic E-state index is 12.4. The van der Waals surface area contributed by atoms with Crippen molar-refractivity contribution in [1.29, 1.82) is 0 Å². The van der Waals surface area contributed by atoms with E-state index in [4.69, 9.17) is 16.3 Å². The molecule has 0 aliphatic heterocycles. The maximum Gasteiger partial charge on any atom is 0.257 e. The lowest BCUT2D eigenvalue weighted by atomic mass is 10.2. The van der Waals surface area contributed by atoms with E-state index in [1.807, 2.05) is 0 Å². The van der Waals surface area contributed by atoms with Crippen molar-refractivity contribution in [3.05, 3.63) is 51.5 Å². The van der Waals surface area contributed by atoms with E-state index in [1.165, 1.54) is 7.11 Å². The van der Waals surface area contributed by atoms with Gasteiger partial charge in [0.15, 0.2) is 0 Å². The Bertz CT molecular complexity index is 809. The number of halogens is 2. The summed E-state index contributed by atoms with van der Waals surface area (Å²) < 4.78 is 6.05. The molecule has 2 aromatic carbocycles. The predicted octanol–water partition coefficient (Wildman–Crippen LogP) is 4.96. The third kappa shape index (κ3) is 4.96. The number of rotatable bonds is 5. The van der Waals surface area contributed by atoms with E-state index in [2.05, 4.69) is 26.6 Å². The van der Waals surface area contributed by atoms with Crippen molar-refractivity contribution in [1.82, 2.24) is 0 Å². The molecule has 0 bridgehead atoms. The summed E-state index contributed by atoms with van der Waals surface area (Å²) in [6, 6.07) is 10.0. The van der Waals surface area contributed by atoms with Gasteiger partial charge in [-0.1, -0.05) is 41.4 Å². The summed E-state index contributed by atoms with van der Waals surface area (Å²) in [6.07, 6.45) is 0. The van der Waals surface area contributed by atoms with Crippen LogP contribution in [0.1, 0.15) is 24.2 Å². The quantitative estimate of drug-likeness (QED) is 0.711. The maximum absolute atomic E-state index is 12.4. The van der Waals surface area contributed by atoms with Crippen molar-refractivity contribution >= 4 is 50.7 Å². The fourth-order valence-corrected chi connectivity index (χ4v) is 2.58. The molecule has 0 aliphatic carbocycles. The lowest BCUT2D eigenvalue weighted by Gasteiger charge is -2.14. The van der Waals surface area contributed by atoms with Crippen LogP contribution in [0.15, 0.2) is 40.9 Å². The molecule has 25 heavy (non-hydrogen) atoms. The highest BCUT2D eigenvalue weighted by Crippen LogP contribution is 2.29. The van der Waals surface area contributed by atoms with Crippen LogP contribution in [0.3, 0.4) is 0 Å². The standard InChI is InChI=1S/C18H18BrClN2O3/c1-10(2)17(23)22-15-7-5-12(9-16(15)25-3)21-18(24)13-8-11(19)4-6-14(13)20/h4-10H,1-3H3,(H,21,24)(H,22,23). The Labute approximate surface area is 159 Å². The molecule has 0 atom stereocenters. The third-order valence-electron chi connectivity index (χ3n) is 3.41. The normalized spacial score (nSPS) is 10.5. The Balaban J connectivity index is 2.21. The van der Waals surface area contributed by atoms with Crippen molar-refractivity contribution in [3.8, 4) is 5.75 Å². The Morgan fingerprint density at radius 1 is 1.12 bits per heavy atom. The van der Waals surface area contributed by atoms with Gasteiger partial charge in [0.2, 0.25) is 5.91 Å². The van der Waals surface area contributed by atoms with E-state index < -0.39 is 0 Å². The van der Waals surface area contributed by atoms with Gasteiger partial charge in [-0.25, -0.2) is 0 Å². The number of amides is 2. The molecule has 0 fully saturated rings.